The Morgan fingerprint density at radius 2 is 1.81 bits per heavy atom. The zero-order chi connectivity index (χ0) is 30.7. The molecule has 42 heavy (non-hydrogen) atoms. The highest BCUT2D eigenvalue weighted by molar-refractivity contribution is 6.30. The van der Waals surface area contributed by atoms with E-state index in [9.17, 15) is 19.8 Å². The lowest BCUT2D eigenvalue weighted by Crippen LogP contribution is -2.68. The molecule has 4 rings (SSSR count). The number of amides is 1. The van der Waals surface area contributed by atoms with Crippen LogP contribution in [0.3, 0.4) is 0 Å². The third-order valence-electron chi connectivity index (χ3n) is 9.78. The number of carbonyl (C=O) groups excluding carboxylic acids is 2. The van der Waals surface area contributed by atoms with E-state index in [2.05, 4.69) is 10.6 Å². The van der Waals surface area contributed by atoms with E-state index in [-0.39, 0.29) is 35.1 Å². The highest BCUT2D eigenvalue weighted by atomic mass is 35.5. The molecule has 0 aromatic heterocycles. The maximum atomic E-state index is 13.3. The van der Waals surface area contributed by atoms with Crippen molar-refractivity contribution in [2.24, 2.45) is 23.7 Å². The van der Waals surface area contributed by atoms with E-state index in [1.165, 1.54) is 0 Å². The molecule has 2 fully saturated rings. The highest BCUT2D eigenvalue weighted by Crippen LogP contribution is 2.58. The molecule has 230 valence electrons. The summed E-state index contributed by atoms with van der Waals surface area (Å²) < 4.78 is 11.7. The summed E-state index contributed by atoms with van der Waals surface area (Å²) in [6.45, 7) is 6.54. The van der Waals surface area contributed by atoms with Crippen LogP contribution in [0, 0.1) is 23.7 Å². The molecule has 9 heteroatoms. The van der Waals surface area contributed by atoms with Crippen LogP contribution in [-0.2, 0) is 9.47 Å². The Kier molecular flexibility index (Phi) is 10.4. The van der Waals surface area contributed by atoms with Crippen molar-refractivity contribution in [1.82, 2.24) is 5.32 Å². The van der Waals surface area contributed by atoms with Gasteiger partial charge >= 0.3 is 5.97 Å². The van der Waals surface area contributed by atoms with Crippen molar-refractivity contribution in [2.45, 2.75) is 76.3 Å². The summed E-state index contributed by atoms with van der Waals surface area (Å²) in [5, 5.41) is 30.9. The summed E-state index contributed by atoms with van der Waals surface area (Å²) in [7, 11) is 3.49. The number of rotatable bonds is 12. The van der Waals surface area contributed by atoms with Crippen LogP contribution in [0.4, 0.5) is 5.69 Å². The minimum atomic E-state index is -1.34. The van der Waals surface area contributed by atoms with Crippen LogP contribution < -0.4 is 10.6 Å². The number of para-hydroxylation sites is 1. The third kappa shape index (κ3) is 6.24. The number of methoxy groups -OCH3 is 1. The number of benzene rings is 2. The van der Waals surface area contributed by atoms with Crippen LogP contribution in [-0.4, -0.2) is 66.2 Å². The van der Waals surface area contributed by atoms with Crippen molar-refractivity contribution in [3.05, 3.63) is 64.7 Å². The molecule has 0 aliphatic heterocycles. The number of nitrogens with one attached hydrogen (secondary N) is 2. The van der Waals surface area contributed by atoms with Gasteiger partial charge in [0.2, 0.25) is 0 Å². The van der Waals surface area contributed by atoms with Crippen molar-refractivity contribution in [1.29, 1.82) is 0 Å². The SMILES string of the molecule is CNCCC(CC(C)[C@H](C)OC(=O)c1ccccc1NC(=O)c1ccc(Cl)cc1)[C@@]1(O)CC[C@H]2CC(C)[C@]1(O)[C@H]2OC. The summed E-state index contributed by atoms with van der Waals surface area (Å²) in [5.41, 5.74) is -1.65. The Hall–Kier alpha value is -2.49. The lowest BCUT2D eigenvalue weighted by Gasteiger charge is -2.54. The predicted molar refractivity (Wildman–Crippen MR) is 164 cm³/mol. The molecule has 0 radical (unpaired) electrons. The smallest absolute Gasteiger partial charge is 0.340 e. The van der Waals surface area contributed by atoms with Gasteiger partial charge in [-0.15, -0.1) is 0 Å². The summed E-state index contributed by atoms with van der Waals surface area (Å²) >= 11 is 5.94. The molecule has 0 saturated heterocycles. The predicted octanol–water partition coefficient (Wildman–Crippen LogP) is 5.32. The van der Waals surface area contributed by atoms with E-state index < -0.39 is 29.4 Å². The molecule has 2 aliphatic rings. The van der Waals surface area contributed by atoms with Crippen molar-refractivity contribution >= 4 is 29.2 Å². The molecule has 2 saturated carbocycles. The molecule has 2 aromatic carbocycles. The first-order valence-corrected chi connectivity index (χ1v) is 15.3. The third-order valence-corrected chi connectivity index (χ3v) is 10.0. The van der Waals surface area contributed by atoms with Gasteiger partial charge in [-0.2, -0.15) is 0 Å². The highest BCUT2D eigenvalue weighted by Gasteiger charge is 2.68. The number of halogens is 1. The molecule has 2 bridgehead atoms. The van der Waals surface area contributed by atoms with E-state index in [1.54, 1.807) is 55.6 Å². The average molecular weight is 601 g/mol. The van der Waals surface area contributed by atoms with Gasteiger partial charge in [0.15, 0.2) is 0 Å². The van der Waals surface area contributed by atoms with Crippen molar-refractivity contribution in [3.63, 3.8) is 0 Å². The van der Waals surface area contributed by atoms with Crippen molar-refractivity contribution < 1.29 is 29.3 Å². The minimum Gasteiger partial charge on any atom is -0.459 e. The van der Waals surface area contributed by atoms with E-state index in [0.29, 0.717) is 42.1 Å². The second-order valence-electron chi connectivity index (χ2n) is 12.3. The van der Waals surface area contributed by atoms with E-state index in [0.717, 1.165) is 12.8 Å². The molecular formula is C33H45ClN2O6. The Labute approximate surface area is 254 Å². The lowest BCUT2D eigenvalue weighted by atomic mass is 9.60. The average Bonchev–Trinajstić information content (AvgIpc) is 3.17. The first-order chi connectivity index (χ1) is 20.0. The van der Waals surface area contributed by atoms with Gasteiger partial charge < -0.3 is 30.3 Å². The van der Waals surface area contributed by atoms with Crippen LogP contribution >= 0.6 is 11.6 Å². The standard InChI is InChI=1S/C33H45ClN2O6/c1-20(18-25(15-17-35-4)32(39)16-14-24-19-21(2)33(32,40)29(24)41-5)22(3)42-31(38)27-8-6-7-9-28(27)36-30(37)23-10-12-26(34)13-11-23/h6-13,20-22,24-25,29,35,39-40H,14-19H2,1-5H3,(H,36,37)/t20?,21?,22-,24-,25?,29-,32-,33-/m0/s1. The lowest BCUT2D eigenvalue weighted by molar-refractivity contribution is -0.259. The zero-order valence-electron chi connectivity index (χ0n) is 25.2. The van der Waals surface area contributed by atoms with Gasteiger partial charge in [-0.3, -0.25) is 4.79 Å². The maximum Gasteiger partial charge on any atom is 0.340 e. The van der Waals surface area contributed by atoms with Crippen LogP contribution in [0.25, 0.3) is 0 Å². The molecule has 2 aliphatic carbocycles. The van der Waals surface area contributed by atoms with Gasteiger partial charge in [0.1, 0.15) is 11.7 Å². The molecule has 4 N–H and O–H groups in total. The molecular weight excluding hydrogens is 556 g/mol. The van der Waals surface area contributed by atoms with Gasteiger partial charge in [0, 0.05) is 17.7 Å². The second-order valence-corrected chi connectivity index (χ2v) is 12.7. The Balaban J connectivity index is 1.48. The monoisotopic (exact) mass is 600 g/mol. The quantitative estimate of drug-likeness (QED) is 0.244. The maximum absolute atomic E-state index is 13.3. The number of fused-ring (bicyclic) bond motifs is 2. The first kappa shape index (κ1) is 32.4. The number of ether oxygens (including phenoxy) is 2. The van der Waals surface area contributed by atoms with Gasteiger partial charge in [-0.1, -0.05) is 37.6 Å². The van der Waals surface area contributed by atoms with Crippen LogP contribution in [0.5, 0.6) is 0 Å². The number of esters is 1. The van der Waals surface area contributed by atoms with Gasteiger partial charge in [-0.25, -0.2) is 4.79 Å². The fraction of sp³-hybridized carbons (Fsp3) is 0.576. The second kappa shape index (κ2) is 13.4. The fourth-order valence-electron chi connectivity index (χ4n) is 7.27. The number of hydrogen-bond acceptors (Lipinski definition) is 7. The Morgan fingerprint density at radius 3 is 2.48 bits per heavy atom. The Morgan fingerprint density at radius 1 is 1.12 bits per heavy atom. The van der Waals surface area contributed by atoms with Crippen LogP contribution in [0.15, 0.2) is 48.5 Å². The largest absolute Gasteiger partial charge is 0.459 e. The van der Waals surface area contributed by atoms with E-state index in [4.69, 9.17) is 21.1 Å². The van der Waals surface area contributed by atoms with Crippen molar-refractivity contribution in [2.75, 3.05) is 26.0 Å². The van der Waals surface area contributed by atoms with Gasteiger partial charge in [0.05, 0.1) is 23.0 Å². The van der Waals surface area contributed by atoms with Gasteiger partial charge in [0.25, 0.3) is 5.91 Å². The number of aliphatic hydroxyl groups is 2. The number of carbonyl (C=O) groups is 2. The molecule has 8 nitrogen and oxygen atoms in total. The summed E-state index contributed by atoms with van der Waals surface area (Å²) in [6.07, 6.45) is 2.46. The van der Waals surface area contributed by atoms with Gasteiger partial charge in [-0.05, 0) is 113 Å². The molecule has 0 heterocycles. The fourth-order valence-corrected chi connectivity index (χ4v) is 7.40. The number of hydrogen-bond donors (Lipinski definition) is 4. The van der Waals surface area contributed by atoms with Crippen molar-refractivity contribution in [3.8, 4) is 0 Å². The van der Waals surface area contributed by atoms with Crippen LogP contribution in [0.2, 0.25) is 5.02 Å². The Bertz CT molecular complexity index is 1240. The minimum absolute atomic E-state index is 0.0952. The molecule has 8 atom stereocenters. The van der Waals surface area contributed by atoms with E-state index in [1.807, 2.05) is 27.8 Å². The molecule has 0 spiro atoms. The summed E-state index contributed by atoms with van der Waals surface area (Å²) in [6, 6.07) is 13.2. The number of anilines is 1. The first-order valence-electron chi connectivity index (χ1n) is 14.9. The molecule has 3 unspecified atom stereocenters. The zero-order valence-corrected chi connectivity index (χ0v) is 26.0. The van der Waals surface area contributed by atoms with Crippen LogP contribution in [0.1, 0.15) is 73.6 Å². The normalized spacial score (nSPS) is 29.0. The summed E-state index contributed by atoms with van der Waals surface area (Å²) in [5.74, 6) is -1.13. The molecule has 1 amide bonds. The molecule has 2 aromatic rings. The van der Waals surface area contributed by atoms with E-state index >= 15 is 0 Å². The summed E-state index contributed by atoms with van der Waals surface area (Å²) in [4.78, 5) is 26.1. The topological polar surface area (TPSA) is 117 Å².